The highest BCUT2D eigenvalue weighted by Crippen LogP contribution is 2.39. The lowest BCUT2D eigenvalue weighted by atomic mass is 10.0. The van der Waals surface area contributed by atoms with Gasteiger partial charge >= 0.3 is 6.18 Å². The summed E-state index contributed by atoms with van der Waals surface area (Å²) in [4.78, 5) is 27.7. The van der Waals surface area contributed by atoms with Gasteiger partial charge in [0.2, 0.25) is 0 Å². The Morgan fingerprint density at radius 3 is 2.30 bits per heavy atom. The minimum Gasteiger partial charge on any atom is -0.368 e. The first-order valence-corrected chi connectivity index (χ1v) is 14.8. The van der Waals surface area contributed by atoms with E-state index in [1.54, 1.807) is 11.0 Å². The summed E-state index contributed by atoms with van der Waals surface area (Å²) >= 11 is 0. The number of likely N-dealkylation sites (N-methyl/N-ethyl adjacent to an activating group) is 1. The maximum Gasteiger partial charge on any atom is 0.418 e. The smallest absolute Gasteiger partial charge is 0.368 e. The molecule has 230 valence electrons. The Hall–Kier alpha value is -3.90. The molecule has 0 saturated carbocycles. The second kappa shape index (κ2) is 13.2. The summed E-state index contributed by atoms with van der Waals surface area (Å²) < 4.78 is 42.6. The normalized spacial score (nSPS) is 17.2. The fourth-order valence-corrected chi connectivity index (χ4v) is 5.66. The molecule has 2 aliphatic rings. The maximum atomic E-state index is 14.2. The molecule has 2 fully saturated rings. The first kappa shape index (κ1) is 30.6. The number of primary amides is 1. The zero-order valence-corrected chi connectivity index (χ0v) is 24.6. The number of alkyl halides is 3. The third-order valence-electron chi connectivity index (χ3n) is 8.12. The van der Waals surface area contributed by atoms with Gasteiger partial charge in [0, 0.05) is 63.2 Å². The van der Waals surface area contributed by atoms with Crippen LogP contribution in [0, 0.1) is 0 Å². The number of nitrogens with two attached hydrogens (primary N) is 1. The molecule has 43 heavy (non-hydrogen) atoms. The van der Waals surface area contributed by atoms with Crippen LogP contribution >= 0.6 is 0 Å². The van der Waals surface area contributed by atoms with Crippen molar-refractivity contribution in [2.45, 2.75) is 44.9 Å². The monoisotopic (exact) mass is 596 g/mol. The van der Waals surface area contributed by atoms with Crippen LogP contribution in [0.4, 0.5) is 36.2 Å². The first-order chi connectivity index (χ1) is 20.6. The number of halogens is 3. The molecule has 0 radical (unpaired) electrons. The van der Waals surface area contributed by atoms with Gasteiger partial charge in [-0.05, 0) is 50.1 Å². The van der Waals surface area contributed by atoms with E-state index in [9.17, 15) is 18.0 Å². The number of anilines is 4. The molecule has 12 heteroatoms. The summed E-state index contributed by atoms with van der Waals surface area (Å²) in [5.41, 5.74) is 6.91. The molecule has 0 spiro atoms. The molecule has 5 rings (SSSR count). The molecule has 0 bridgehead atoms. The zero-order chi connectivity index (χ0) is 30.6. The molecular weight excluding hydrogens is 557 g/mol. The van der Waals surface area contributed by atoms with Crippen LogP contribution in [-0.4, -0.2) is 78.0 Å². The summed E-state index contributed by atoms with van der Waals surface area (Å²) in [5, 5.41) is 6.40. The van der Waals surface area contributed by atoms with Crippen molar-refractivity contribution in [2.24, 2.45) is 5.73 Å². The van der Waals surface area contributed by atoms with Crippen molar-refractivity contribution in [1.82, 2.24) is 19.8 Å². The lowest BCUT2D eigenvalue weighted by Crippen LogP contribution is -2.45. The Bertz CT molecular complexity index is 1400. The van der Waals surface area contributed by atoms with E-state index >= 15 is 0 Å². The van der Waals surface area contributed by atoms with Crippen molar-refractivity contribution >= 4 is 28.9 Å². The first-order valence-electron chi connectivity index (χ1n) is 14.8. The zero-order valence-electron chi connectivity index (χ0n) is 24.6. The van der Waals surface area contributed by atoms with Gasteiger partial charge in [0.25, 0.3) is 5.91 Å². The van der Waals surface area contributed by atoms with Gasteiger partial charge < -0.3 is 26.2 Å². The van der Waals surface area contributed by atoms with Crippen LogP contribution in [0.5, 0.6) is 0 Å². The second-order valence-electron chi connectivity index (χ2n) is 11.3. The highest BCUT2D eigenvalue weighted by molar-refractivity contribution is 5.96. The Morgan fingerprint density at radius 2 is 1.67 bits per heavy atom. The Labute approximate surface area is 250 Å². The fourth-order valence-electron chi connectivity index (χ4n) is 5.66. The van der Waals surface area contributed by atoms with E-state index < -0.39 is 17.6 Å². The largest absolute Gasteiger partial charge is 0.418 e. The molecule has 0 aliphatic carbocycles. The molecule has 0 atom stereocenters. The van der Waals surface area contributed by atoms with E-state index in [0.717, 1.165) is 38.5 Å². The lowest BCUT2D eigenvalue weighted by molar-refractivity contribution is -0.137. The molecule has 0 unspecified atom stereocenters. The standard InChI is InChI=1S/C31H39F3N8O/c1-3-25-29(36-22-11-13-41(14-12-22)20-21-7-5-4-6-8-21)39-30(27(38-25)28(35)43)37-23-9-10-26(24(19-23)31(32,33)34)42-17-15-40(2)16-18-42/h4-10,19,22H,3,11-18,20H2,1-2H3,(H2,35,43)(H2,36,37,39). The molecule has 2 aliphatic heterocycles. The summed E-state index contributed by atoms with van der Waals surface area (Å²) in [6.07, 6.45) is -2.29. The Kier molecular flexibility index (Phi) is 9.36. The number of benzene rings is 2. The molecular formula is C31H39F3N8O. The van der Waals surface area contributed by atoms with Crippen LogP contribution in [0.3, 0.4) is 0 Å². The van der Waals surface area contributed by atoms with Crippen LogP contribution in [0.15, 0.2) is 48.5 Å². The van der Waals surface area contributed by atoms with Gasteiger partial charge in [-0.25, -0.2) is 9.97 Å². The number of carbonyl (C=O) groups excluding carboxylic acids is 1. The number of hydrogen-bond donors (Lipinski definition) is 3. The van der Waals surface area contributed by atoms with E-state index in [-0.39, 0.29) is 28.9 Å². The van der Waals surface area contributed by atoms with Crippen molar-refractivity contribution in [3.8, 4) is 0 Å². The Balaban J connectivity index is 1.35. The highest BCUT2D eigenvalue weighted by Gasteiger charge is 2.36. The van der Waals surface area contributed by atoms with Crippen LogP contribution in [0.25, 0.3) is 0 Å². The summed E-state index contributed by atoms with van der Waals surface area (Å²) in [6.45, 7) is 6.98. The average molecular weight is 597 g/mol. The van der Waals surface area contributed by atoms with Gasteiger partial charge in [-0.15, -0.1) is 0 Å². The van der Waals surface area contributed by atoms with E-state index in [2.05, 4.69) is 42.5 Å². The van der Waals surface area contributed by atoms with Crippen LogP contribution in [0.2, 0.25) is 0 Å². The lowest BCUT2D eigenvalue weighted by Gasteiger charge is -2.35. The van der Waals surface area contributed by atoms with Gasteiger partial charge in [-0.2, -0.15) is 13.2 Å². The number of rotatable bonds is 9. The molecule has 4 N–H and O–H groups in total. The molecule has 3 aromatic rings. The predicted octanol–water partition coefficient (Wildman–Crippen LogP) is 4.73. The van der Waals surface area contributed by atoms with Gasteiger partial charge in [-0.1, -0.05) is 37.3 Å². The molecule has 2 saturated heterocycles. The van der Waals surface area contributed by atoms with Crippen LogP contribution < -0.4 is 21.3 Å². The second-order valence-corrected chi connectivity index (χ2v) is 11.3. The number of hydrogen-bond acceptors (Lipinski definition) is 8. The molecule has 9 nitrogen and oxygen atoms in total. The number of nitrogens with one attached hydrogen (secondary N) is 2. The van der Waals surface area contributed by atoms with Gasteiger partial charge in [0.05, 0.1) is 11.3 Å². The number of piperazine rings is 1. The number of aromatic nitrogens is 2. The van der Waals surface area contributed by atoms with E-state index in [0.29, 0.717) is 44.1 Å². The summed E-state index contributed by atoms with van der Waals surface area (Å²) in [5.74, 6) is -0.286. The predicted molar refractivity (Wildman–Crippen MR) is 163 cm³/mol. The third kappa shape index (κ3) is 7.55. The van der Waals surface area contributed by atoms with E-state index in [1.807, 2.05) is 32.2 Å². The van der Waals surface area contributed by atoms with Gasteiger partial charge in [-0.3, -0.25) is 9.69 Å². The minimum absolute atomic E-state index is 0.0224. The maximum absolute atomic E-state index is 14.2. The van der Waals surface area contributed by atoms with Crippen LogP contribution in [-0.2, 0) is 19.1 Å². The number of piperidine rings is 1. The van der Waals surface area contributed by atoms with Crippen LogP contribution in [0.1, 0.15) is 47.1 Å². The van der Waals surface area contributed by atoms with Gasteiger partial charge in [0.15, 0.2) is 17.3 Å². The van der Waals surface area contributed by atoms with Gasteiger partial charge in [0.1, 0.15) is 0 Å². The summed E-state index contributed by atoms with van der Waals surface area (Å²) in [6, 6.07) is 14.6. The highest BCUT2D eigenvalue weighted by atomic mass is 19.4. The summed E-state index contributed by atoms with van der Waals surface area (Å²) in [7, 11) is 1.95. The van der Waals surface area contributed by atoms with Crippen molar-refractivity contribution in [3.05, 3.63) is 71.0 Å². The number of amides is 1. The van der Waals surface area contributed by atoms with E-state index in [4.69, 9.17) is 5.73 Å². The SMILES string of the molecule is CCc1nc(C(N)=O)c(Nc2ccc(N3CCN(C)CC3)c(C(F)(F)F)c2)nc1NC1CCN(Cc2ccccc2)CC1. The molecule has 1 aromatic heterocycles. The Morgan fingerprint density at radius 1 is 0.977 bits per heavy atom. The average Bonchev–Trinajstić information content (AvgIpc) is 2.99. The number of nitrogens with zero attached hydrogens (tertiary/aromatic N) is 5. The third-order valence-corrected chi connectivity index (χ3v) is 8.12. The fraction of sp³-hybridized carbons (Fsp3) is 0.452. The minimum atomic E-state index is -4.57. The molecule has 2 aromatic carbocycles. The molecule has 1 amide bonds. The van der Waals surface area contributed by atoms with Crippen molar-refractivity contribution < 1.29 is 18.0 Å². The number of likely N-dealkylation sites (tertiary alicyclic amines) is 1. The molecule has 3 heterocycles. The van der Waals surface area contributed by atoms with Crippen molar-refractivity contribution in [3.63, 3.8) is 0 Å². The topological polar surface area (TPSA) is 103 Å². The van der Waals surface area contributed by atoms with E-state index in [1.165, 1.54) is 11.6 Å². The number of aryl methyl sites for hydroxylation is 1. The number of carbonyl (C=O) groups is 1. The van der Waals surface area contributed by atoms with Crippen molar-refractivity contribution in [1.29, 1.82) is 0 Å². The van der Waals surface area contributed by atoms with Crippen molar-refractivity contribution in [2.75, 3.05) is 61.8 Å². The quantitative estimate of drug-likeness (QED) is 0.326.